The molecule has 1 N–H and O–H groups in total. The van der Waals surface area contributed by atoms with Crippen LogP contribution in [0.25, 0.3) is 0 Å². The van der Waals surface area contributed by atoms with Crippen molar-refractivity contribution >= 4 is 0 Å². The number of ether oxygens (including phenoxy) is 1. The predicted molar refractivity (Wildman–Crippen MR) is 75.5 cm³/mol. The van der Waals surface area contributed by atoms with Gasteiger partial charge in [0, 0.05) is 13.2 Å². The fourth-order valence-electron chi connectivity index (χ4n) is 2.51. The van der Waals surface area contributed by atoms with Crippen molar-refractivity contribution in [2.24, 2.45) is 0 Å². The fourth-order valence-corrected chi connectivity index (χ4v) is 2.51. The van der Waals surface area contributed by atoms with Crippen LogP contribution in [0.1, 0.15) is 44.1 Å². The van der Waals surface area contributed by atoms with Crippen LogP contribution in [0.5, 0.6) is 0 Å². The highest BCUT2D eigenvalue weighted by Gasteiger charge is 2.12. The van der Waals surface area contributed by atoms with Gasteiger partial charge in [-0.2, -0.15) is 0 Å². The zero-order chi connectivity index (χ0) is 13.3. The van der Waals surface area contributed by atoms with Crippen LogP contribution in [0.4, 0.5) is 4.39 Å². The first kappa shape index (κ1) is 14.5. The second-order valence-corrected chi connectivity index (χ2v) is 5.29. The molecular weight excluding hydrogens is 241 g/mol. The first-order chi connectivity index (χ1) is 9.34. The average Bonchev–Trinajstić information content (AvgIpc) is 2.46. The van der Waals surface area contributed by atoms with Crippen molar-refractivity contribution in [3.05, 3.63) is 35.6 Å². The van der Waals surface area contributed by atoms with Gasteiger partial charge >= 0.3 is 0 Å². The molecule has 1 aromatic rings. The van der Waals surface area contributed by atoms with Crippen molar-refractivity contribution in [1.29, 1.82) is 0 Å². The monoisotopic (exact) mass is 265 g/mol. The lowest BCUT2D eigenvalue weighted by Gasteiger charge is -2.21. The molecule has 2 nitrogen and oxygen atoms in total. The van der Waals surface area contributed by atoms with E-state index in [1.54, 1.807) is 0 Å². The molecule has 0 spiro atoms. The highest BCUT2D eigenvalue weighted by atomic mass is 19.1. The molecule has 0 radical (unpaired) electrons. The third kappa shape index (κ3) is 5.70. The number of halogens is 1. The van der Waals surface area contributed by atoms with Crippen molar-refractivity contribution in [3.8, 4) is 0 Å². The van der Waals surface area contributed by atoms with Crippen LogP contribution in [-0.2, 0) is 11.3 Å². The number of rotatable bonds is 7. The molecule has 106 valence electrons. The summed E-state index contributed by atoms with van der Waals surface area (Å²) in [5.74, 6) is -0.176. The summed E-state index contributed by atoms with van der Waals surface area (Å²) in [4.78, 5) is 0. The van der Waals surface area contributed by atoms with Gasteiger partial charge in [0.05, 0.1) is 6.10 Å². The maximum absolute atomic E-state index is 12.7. The van der Waals surface area contributed by atoms with Crippen LogP contribution in [0.15, 0.2) is 24.3 Å². The third-order valence-electron chi connectivity index (χ3n) is 3.65. The first-order valence-electron chi connectivity index (χ1n) is 7.41. The van der Waals surface area contributed by atoms with E-state index in [9.17, 15) is 4.39 Å². The summed E-state index contributed by atoms with van der Waals surface area (Å²) >= 11 is 0. The van der Waals surface area contributed by atoms with Gasteiger partial charge in [0.25, 0.3) is 0 Å². The van der Waals surface area contributed by atoms with Gasteiger partial charge < -0.3 is 10.1 Å². The fraction of sp³-hybridized carbons (Fsp3) is 0.625. The lowest BCUT2D eigenvalue weighted by Crippen LogP contribution is -2.20. The smallest absolute Gasteiger partial charge is 0.123 e. The van der Waals surface area contributed by atoms with Crippen molar-refractivity contribution in [2.75, 3.05) is 13.2 Å². The molecule has 0 unspecified atom stereocenters. The molecule has 1 saturated carbocycles. The van der Waals surface area contributed by atoms with Gasteiger partial charge in [0.2, 0.25) is 0 Å². The van der Waals surface area contributed by atoms with Gasteiger partial charge in [-0.3, -0.25) is 0 Å². The first-order valence-corrected chi connectivity index (χ1v) is 7.41. The molecule has 19 heavy (non-hydrogen) atoms. The van der Waals surface area contributed by atoms with Gasteiger partial charge in [0.15, 0.2) is 0 Å². The Morgan fingerprint density at radius 1 is 1.11 bits per heavy atom. The molecule has 0 saturated heterocycles. The Morgan fingerprint density at radius 3 is 2.58 bits per heavy atom. The van der Waals surface area contributed by atoms with E-state index in [-0.39, 0.29) is 5.82 Å². The minimum atomic E-state index is -0.176. The van der Waals surface area contributed by atoms with E-state index >= 15 is 0 Å². The summed E-state index contributed by atoms with van der Waals surface area (Å²) in [7, 11) is 0. The summed E-state index contributed by atoms with van der Waals surface area (Å²) in [5.41, 5.74) is 1.12. The summed E-state index contributed by atoms with van der Waals surface area (Å²) in [5, 5.41) is 3.36. The zero-order valence-electron chi connectivity index (χ0n) is 11.5. The van der Waals surface area contributed by atoms with Crippen LogP contribution < -0.4 is 5.32 Å². The lowest BCUT2D eigenvalue weighted by molar-refractivity contribution is 0.0273. The van der Waals surface area contributed by atoms with Crippen LogP contribution in [-0.4, -0.2) is 19.3 Å². The van der Waals surface area contributed by atoms with Gasteiger partial charge in [-0.05, 0) is 43.5 Å². The highest BCUT2D eigenvalue weighted by molar-refractivity contribution is 5.15. The Balaban J connectivity index is 1.49. The molecule has 0 heterocycles. The molecular formula is C16H24FNO. The summed E-state index contributed by atoms with van der Waals surface area (Å²) in [6.45, 7) is 2.59. The Morgan fingerprint density at radius 2 is 1.84 bits per heavy atom. The van der Waals surface area contributed by atoms with E-state index in [1.165, 1.54) is 44.2 Å². The quantitative estimate of drug-likeness (QED) is 0.760. The second kappa shape index (κ2) is 8.28. The van der Waals surface area contributed by atoms with Gasteiger partial charge in [-0.25, -0.2) is 4.39 Å². The summed E-state index contributed by atoms with van der Waals surface area (Å²) in [6, 6.07) is 6.65. The normalized spacial score (nSPS) is 16.7. The molecule has 1 fully saturated rings. The van der Waals surface area contributed by atoms with Gasteiger partial charge in [-0.15, -0.1) is 0 Å². The van der Waals surface area contributed by atoms with E-state index in [0.717, 1.165) is 31.7 Å². The SMILES string of the molecule is Fc1ccc(CNCCCOC2CCCCC2)cc1. The molecule has 3 heteroatoms. The van der Waals surface area contributed by atoms with Crippen molar-refractivity contribution in [3.63, 3.8) is 0 Å². The molecule has 1 aliphatic rings. The number of benzene rings is 1. The maximum Gasteiger partial charge on any atom is 0.123 e. The Hall–Kier alpha value is -0.930. The molecule has 0 amide bonds. The Kier molecular flexibility index (Phi) is 6.31. The van der Waals surface area contributed by atoms with E-state index in [1.807, 2.05) is 12.1 Å². The average molecular weight is 265 g/mol. The maximum atomic E-state index is 12.7. The van der Waals surface area contributed by atoms with Crippen LogP contribution in [0.3, 0.4) is 0 Å². The number of hydrogen-bond donors (Lipinski definition) is 1. The second-order valence-electron chi connectivity index (χ2n) is 5.29. The van der Waals surface area contributed by atoms with Crippen molar-refractivity contribution in [1.82, 2.24) is 5.32 Å². The molecule has 0 bridgehead atoms. The Labute approximate surface area is 115 Å². The highest BCUT2D eigenvalue weighted by Crippen LogP contribution is 2.20. The molecule has 0 atom stereocenters. The third-order valence-corrected chi connectivity index (χ3v) is 3.65. The van der Waals surface area contributed by atoms with Crippen molar-refractivity contribution < 1.29 is 9.13 Å². The van der Waals surface area contributed by atoms with E-state index in [0.29, 0.717) is 6.10 Å². The number of hydrogen-bond acceptors (Lipinski definition) is 2. The van der Waals surface area contributed by atoms with E-state index < -0.39 is 0 Å². The molecule has 1 aromatic carbocycles. The predicted octanol–water partition coefficient (Wildman–Crippen LogP) is 3.65. The largest absolute Gasteiger partial charge is 0.378 e. The van der Waals surface area contributed by atoms with Gasteiger partial charge in [-0.1, -0.05) is 31.4 Å². The number of nitrogens with one attached hydrogen (secondary N) is 1. The van der Waals surface area contributed by atoms with E-state index in [4.69, 9.17) is 4.74 Å². The van der Waals surface area contributed by atoms with Crippen LogP contribution >= 0.6 is 0 Å². The lowest BCUT2D eigenvalue weighted by atomic mass is 9.98. The minimum absolute atomic E-state index is 0.176. The van der Waals surface area contributed by atoms with Crippen LogP contribution in [0, 0.1) is 5.82 Å². The molecule has 1 aliphatic carbocycles. The zero-order valence-corrected chi connectivity index (χ0v) is 11.5. The Bertz CT molecular complexity index is 346. The standard InChI is InChI=1S/C16H24FNO/c17-15-9-7-14(8-10-15)13-18-11-4-12-19-16-5-2-1-3-6-16/h7-10,16,18H,1-6,11-13H2. The van der Waals surface area contributed by atoms with E-state index in [2.05, 4.69) is 5.32 Å². The van der Waals surface area contributed by atoms with Crippen molar-refractivity contribution in [2.45, 2.75) is 51.2 Å². The summed E-state index contributed by atoms with van der Waals surface area (Å²) < 4.78 is 18.6. The molecule has 2 rings (SSSR count). The summed E-state index contributed by atoms with van der Waals surface area (Å²) in [6.07, 6.45) is 8.05. The van der Waals surface area contributed by atoms with Gasteiger partial charge in [0.1, 0.15) is 5.82 Å². The molecule has 0 aliphatic heterocycles. The topological polar surface area (TPSA) is 21.3 Å². The minimum Gasteiger partial charge on any atom is -0.378 e. The van der Waals surface area contributed by atoms with Crippen LogP contribution in [0.2, 0.25) is 0 Å². The molecule has 0 aromatic heterocycles.